The van der Waals surface area contributed by atoms with Gasteiger partial charge in [-0.1, -0.05) is 24.3 Å². The maximum Gasteiger partial charge on any atom is 0.0635 e. The van der Waals surface area contributed by atoms with Crippen molar-refractivity contribution in [2.24, 2.45) is 5.73 Å². The fraction of sp³-hybridized carbons (Fsp3) is 0.533. The highest BCUT2D eigenvalue weighted by molar-refractivity contribution is 5.29. The Hall–Kier alpha value is -1.37. The van der Waals surface area contributed by atoms with Crippen LogP contribution in [0.3, 0.4) is 0 Å². The number of nitrogens with two attached hydrogens (primary N) is 1. The predicted octanol–water partition coefficient (Wildman–Crippen LogP) is 2.37. The second-order valence-electron chi connectivity index (χ2n) is 4.99. The molecule has 96 valence electrons. The molecule has 0 aromatic heterocycles. The van der Waals surface area contributed by atoms with Crippen LogP contribution in [0.15, 0.2) is 24.3 Å². The highest BCUT2D eigenvalue weighted by Gasteiger charge is 2.34. The van der Waals surface area contributed by atoms with Crippen LogP contribution in [0.5, 0.6) is 0 Å². The Morgan fingerprint density at radius 3 is 2.72 bits per heavy atom. The summed E-state index contributed by atoms with van der Waals surface area (Å²) in [6, 6.07) is 11.6. The average molecular weight is 243 g/mol. The minimum absolute atomic E-state index is 0.257. The van der Waals surface area contributed by atoms with Crippen molar-refractivity contribution in [3.8, 4) is 6.07 Å². The van der Waals surface area contributed by atoms with Crippen molar-refractivity contribution >= 4 is 0 Å². The third-order valence-electron chi connectivity index (χ3n) is 3.67. The van der Waals surface area contributed by atoms with Crippen LogP contribution in [-0.2, 0) is 0 Å². The molecule has 0 heterocycles. The summed E-state index contributed by atoms with van der Waals surface area (Å²) in [5.41, 5.74) is 8.58. The van der Waals surface area contributed by atoms with Crippen LogP contribution in [0, 0.1) is 18.3 Å². The van der Waals surface area contributed by atoms with Crippen LogP contribution in [0.25, 0.3) is 0 Å². The number of benzene rings is 1. The van der Waals surface area contributed by atoms with Crippen molar-refractivity contribution in [1.82, 2.24) is 4.90 Å². The van der Waals surface area contributed by atoms with E-state index < -0.39 is 0 Å². The zero-order valence-corrected chi connectivity index (χ0v) is 11.0. The molecule has 0 amide bonds. The van der Waals surface area contributed by atoms with Crippen LogP contribution >= 0.6 is 0 Å². The SMILES string of the molecule is Cc1ccccc1C(CN)N(CCC#N)C1CC1. The quantitative estimate of drug-likeness (QED) is 0.834. The Morgan fingerprint density at radius 1 is 1.44 bits per heavy atom. The van der Waals surface area contributed by atoms with Crippen molar-refractivity contribution in [2.75, 3.05) is 13.1 Å². The van der Waals surface area contributed by atoms with Crippen LogP contribution in [0.1, 0.15) is 36.4 Å². The lowest BCUT2D eigenvalue weighted by Crippen LogP contribution is -2.36. The van der Waals surface area contributed by atoms with Gasteiger partial charge in [-0.3, -0.25) is 4.90 Å². The summed E-state index contributed by atoms with van der Waals surface area (Å²) in [6.45, 7) is 3.58. The van der Waals surface area contributed by atoms with Crippen molar-refractivity contribution < 1.29 is 0 Å². The summed E-state index contributed by atoms with van der Waals surface area (Å²) in [4.78, 5) is 2.42. The van der Waals surface area contributed by atoms with Crippen molar-refractivity contribution in [3.63, 3.8) is 0 Å². The van der Waals surface area contributed by atoms with E-state index >= 15 is 0 Å². The number of nitriles is 1. The number of hydrogen-bond acceptors (Lipinski definition) is 3. The molecule has 1 atom stereocenters. The van der Waals surface area contributed by atoms with E-state index in [2.05, 4.69) is 42.2 Å². The number of hydrogen-bond donors (Lipinski definition) is 1. The molecule has 3 nitrogen and oxygen atoms in total. The van der Waals surface area contributed by atoms with Crippen LogP contribution < -0.4 is 5.73 Å². The average Bonchev–Trinajstić information content (AvgIpc) is 3.20. The van der Waals surface area contributed by atoms with Gasteiger partial charge in [-0.25, -0.2) is 0 Å². The van der Waals surface area contributed by atoms with Gasteiger partial charge in [-0.05, 0) is 30.9 Å². The van der Waals surface area contributed by atoms with Crippen molar-refractivity contribution in [2.45, 2.75) is 38.3 Å². The molecule has 0 bridgehead atoms. The first-order chi connectivity index (χ1) is 8.77. The van der Waals surface area contributed by atoms with E-state index in [0.29, 0.717) is 19.0 Å². The predicted molar refractivity (Wildman–Crippen MR) is 72.9 cm³/mol. The van der Waals surface area contributed by atoms with Gasteiger partial charge < -0.3 is 5.73 Å². The zero-order valence-electron chi connectivity index (χ0n) is 11.0. The molecule has 1 unspecified atom stereocenters. The third-order valence-corrected chi connectivity index (χ3v) is 3.67. The standard InChI is InChI=1S/C15H21N3/c1-12-5-2-3-6-14(12)15(11-17)18(10-4-9-16)13-7-8-13/h2-3,5-6,13,15H,4,7-8,10-11,17H2,1H3. The van der Waals surface area contributed by atoms with Gasteiger partial charge in [0.1, 0.15) is 0 Å². The van der Waals surface area contributed by atoms with Gasteiger partial charge in [0.05, 0.1) is 6.07 Å². The lowest BCUT2D eigenvalue weighted by atomic mass is 9.99. The Labute approximate surface area is 109 Å². The number of nitrogens with zero attached hydrogens (tertiary/aromatic N) is 2. The van der Waals surface area contributed by atoms with Gasteiger partial charge >= 0.3 is 0 Å². The summed E-state index contributed by atoms with van der Waals surface area (Å²) >= 11 is 0. The van der Waals surface area contributed by atoms with E-state index in [-0.39, 0.29) is 6.04 Å². The molecule has 1 aromatic rings. The molecule has 0 spiro atoms. The maximum atomic E-state index is 8.79. The maximum absolute atomic E-state index is 8.79. The largest absolute Gasteiger partial charge is 0.329 e. The first kappa shape index (κ1) is 13.1. The third kappa shape index (κ3) is 2.90. The van der Waals surface area contributed by atoms with Gasteiger partial charge in [0.25, 0.3) is 0 Å². The van der Waals surface area contributed by atoms with E-state index in [1.807, 2.05) is 0 Å². The normalized spacial score (nSPS) is 16.6. The first-order valence-electron chi connectivity index (χ1n) is 6.66. The van der Waals surface area contributed by atoms with Crippen molar-refractivity contribution in [1.29, 1.82) is 5.26 Å². The van der Waals surface area contributed by atoms with E-state index in [1.165, 1.54) is 24.0 Å². The monoisotopic (exact) mass is 243 g/mol. The van der Waals surface area contributed by atoms with Gasteiger partial charge in [0, 0.05) is 31.6 Å². The molecule has 3 heteroatoms. The molecule has 0 radical (unpaired) electrons. The fourth-order valence-corrected chi connectivity index (χ4v) is 2.58. The van der Waals surface area contributed by atoms with Gasteiger partial charge in [-0.2, -0.15) is 5.26 Å². The van der Waals surface area contributed by atoms with E-state index in [9.17, 15) is 0 Å². The summed E-state index contributed by atoms with van der Waals surface area (Å²) in [6.07, 6.45) is 3.07. The molecule has 18 heavy (non-hydrogen) atoms. The second kappa shape index (κ2) is 5.99. The lowest BCUT2D eigenvalue weighted by molar-refractivity contribution is 0.195. The number of aryl methyl sites for hydroxylation is 1. The minimum atomic E-state index is 0.257. The number of rotatable bonds is 6. The Bertz CT molecular complexity index is 432. The molecule has 2 rings (SSSR count). The molecule has 0 aliphatic heterocycles. The first-order valence-corrected chi connectivity index (χ1v) is 6.66. The van der Waals surface area contributed by atoms with Crippen LogP contribution in [-0.4, -0.2) is 24.0 Å². The molecule has 1 saturated carbocycles. The molecular weight excluding hydrogens is 222 g/mol. The highest BCUT2D eigenvalue weighted by atomic mass is 15.2. The smallest absolute Gasteiger partial charge is 0.0635 e. The zero-order chi connectivity index (χ0) is 13.0. The Morgan fingerprint density at radius 2 is 2.17 bits per heavy atom. The fourth-order valence-electron chi connectivity index (χ4n) is 2.58. The second-order valence-corrected chi connectivity index (χ2v) is 4.99. The topological polar surface area (TPSA) is 53.0 Å². The molecule has 1 aromatic carbocycles. The summed E-state index contributed by atoms with van der Waals surface area (Å²) in [7, 11) is 0. The lowest BCUT2D eigenvalue weighted by Gasteiger charge is -2.31. The molecule has 2 N–H and O–H groups in total. The molecule has 1 aliphatic carbocycles. The molecular formula is C15H21N3. The van der Waals surface area contributed by atoms with E-state index in [1.54, 1.807) is 0 Å². The highest BCUT2D eigenvalue weighted by Crippen LogP contribution is 2.34. The van der Waals surface area contributed by atoms with Crippen LogP contribution in [0.2, 0.25) is 0 Å². The molecule has 1 aliphatic rings. The Balaban J connectivity index is 2.20. The van der Waals surface area contributed by atoms with Gasteiger partial charge in [-0.15, -0.1) is 0 Å². The Kier molecular flexibility index (Phi) is 4.35. The van der Waals surface area contributed by atoms with Gasteiger partial charge in [0.15, 0.2) is 0 Å². The van der Waals surface area contributed by atoms with E-state index in [0.717, 1.165) is 6.54 Å². The summed E-state index contributed by atoms with van der Waals surface area (Å²) in [5.74, 6) is 0. The summed E-state index contributed by atoms with van der Waals surface area (Å²) in [5, 5.41) is 8.79. The van der Waals surface area contributed by atoms with E-state index in [4.69, 9.17) is 11.0 Å². The molecule has 0 saturated heterocycles. The van der Waals surface area contributed by atoms with Crippen molar-refractivity contribution in [3.05, 3.63) is 35.4 Å². The van der Waals surface area contributed by atoms with Crippen LogP contribution in [0.4, 0.5) is 0 Å². The minimum Gasteiger partial charge on any atom is -0.329 e. The summed E-state index contributed by atoms with van der Waals surface area (Å²) < 4.78 is 0. The molecule has 1 fully saturated rings. The van der Waals surface area contributed by atoms with Gasteiger partial charge in [0.2, 0.25) is 0 Å².